The molecule has 0 aromatic carbocycles. The molecule has 0 amide bonds. The molecule has 26 heavy (non-hydrogen) atoms. The molecule has 1 N–H and O–H groups in total. The van der Waals surface area contributed by atoms with E-state index in [9.17, 15) is 0 Å². The zero-order valence-electron chi connectivity index (χ0n) is 16.1. The summed E-state index contributed by atoms with van der Waals surface area (Å²) in [4.78, 5) is 4.10. The van der Waals surface area contributed by atoms with Crippen LogP contribution in [0.4, 0.5) is 4.39 Å². The summed E-state index contributed by atoms with van der Waals surface area (Å²) in [6.07, 6.45) is 7.74. The Balaban J connectivity index is 1.72. The van der Waals surface area contributed by atoms with Gasteiger partial charge in [-0.25, -0.2) is 4.39 Å². The van der Waals surface area contributed by atoms with Gasteiger partial charge in [0.2, 0.25) is 0 Å². The van der Waals surface area contributed by atoms with Crippen LogP contribution in [0.5, 0.6) is 0 Å². The molecule has 2 atom stereocenters. The molecule has 3 aliphatic rings. The van der Waals surface area contributed by atoms with Crippen LogP contribution in [0.2, 0.25) is 0 Å². The molecular formula is C20H28BFN2O2. The van der Waals surface area contributed by atoms with Crippen LogP contribution in [0.15, 0.2) is 30.3 Å². The fourth-order valence-electron chi connectivity index (χ4n) is 4.47. The maximum atomic E-state index is 15.8. The minimum atomic E-state index is -0.948. The summed E-state index contributed by atoms with van der Waals surface area (Å²) < 4.78 is 27.8. The highest BCUT2D eigenvalue weighted by Crippen LogP contribution is 2.44. The first kappa shape index (κ1) is 18.1. The van der Waals surface area contributed by atoms with Gasteiger partial charge in [-0.2, -0.15) is 0 Å². The number of rotatable bonds is 3. The van der Waals surface area contributed by atoms with Gasteiger partial charge in [0, 0.05) is 24.5 Å². The average molecular weight is 358 g/mol. The number of hydrogen-bond acceptors (Lipinski definition) is 4. The lowest BCUT2D eigenvalue weighted by Gasteiger charge is -2.32. The zero-order chi connectivity index (χ0) is 18.5. The molecule has 140 valence electrons. The number of fused-ring (bicyclic) bond motifs is 2. The summed E-state index contributed by atoms with van der Waals surface area (Å²) in [6, 6.07) is 4.76. The maximum Gasteiger partial charge on any atom is 0.525 e. The number of nitrogens with zero attached hydrogens (tertiary/aromatic N) is 1. The maximum absolute atomic E-state index is 15.8. The zero-order valence-corrected chi connectivity index (χ0v) is 16.1. The summed E-state index contributed by atoms with van der Waals surface area (Å²) in [5.41, 5.74) is 0.251. The highest BCUT2D eigenvalue weighted by molar-refractivity contribution is 6.55. The van der Waals surface area contributed by atoms with Crippen LogP contribution in [0.25, 0.3) is 5.57 Å². The van der Waals surface area contributed by atoms with Crippen LogP contribution in [0, 0.1) is 5.92 Å². The van der Waals surface area contributed by atoms with E-state index in [0.29, 0.717) is 12.1 Å². The Kier molecular flexibility index (Phi) is 4.49. The average Bonchev–Trinajstić information content (AvgIpc) is 3.03. The molecule has 1 aromatic rings. The fraction of sp³-hybridized carbons (Fsp3) is 0.650. The second kappa shape index (κ2) is 6.43. The predicted octanol–water partition coefficient (Wildman–Crippen LogP) is 3.92. The Morgan fingerprint density at radius 3 is 2.15 bits per heavy atom. The van der Waals surface area contributed by atoms with Crippen molar-refractivity contribution in [3.05, 3.63) is 35.8 Å². The summed E-state index contributed by atoms with van der Waals surface area (Å²) in [5, 5.41) is 3.64. The van der Waals surface area contributed by atoms with E-state index in [0.717, 1.165) is 24.0 Å². The molecule has 0 radical (unpaired) electrons. The van der Waals surface area contributed by atoms with Gasteiger partial charge < -0.3 is 14.6 Å². The van der Waals surface area contributed by atoms with Crippen LogP contribution >= 0.6 is 0 Å². The second-order valence-electron chi connectivity index (χ2n) is 8.89. The number of nitrogens with one attached hydrogen (secondary N) is 1. The highest BCUT2D eigenvalue weighted by atomic mass is 19.1. The number of piperidine rings is 1. The van der Waals surface area contributed by atoms with Crippen LogP contribution in [0.1, 0.15) is 58.9 Å². The third-order valence-corrected chi connectivity index (χ3v) is 6.59. The van der Waals surface area contributed by atoms with Crippen molar-refractivity contribution in [2.75, 3.05) is 0 Å². The fourth-order valence-corrected chi connectivity index (χ4v) is 4.47. The Morgan fingerprint density at radius 2 is 1.62 bits per heavy atom. The number of halogens is 1. The number of pyridine rings is 1. The monoisotopic (exact) mass is 358 g/mol. The Bertz CT molecular complexity index is 679. The minimum absolute atomic E-state index is 0.176. The Labute approximate surface area is 155 Å². The normalized spacial score (nSPS) is 33.3. The lowest BCUT2D eigenvalue weighted by atomic mass is 9.75. The molecule has 3 fully saturated rings. The first-order valence-corrected chi connectivity index (χ1v) is 9.68. The molecule has 6 heteroatoms. The van der Waals surface area contributed by atoms with Gasteiger partial charge in [0.25, 0.3) is 0 Å². The van der Waals surface area contributed by atoms with Crippen molar-refractivity contribution < 1.29 is 13.7 Å². The van der Waals surface area contributed by atoms with Gasteiger partial charge in [-0.05, 0) is 82.6 Å². The third kappa shape index (κ3) is 3.12. The molecule has 4 rings (SSSR count). The van der Waals surface area contributed by atoms with E-state index < -0.39 is 18.3 Å². The van der Waals surface area contributed by atoms with Gasteiger partial charge >= 0.3 is 7.12 Å². The van der Waals surface area contributed by atoms with Gasteiger partial charge in [0.15, 0.2) is 0 Å². The second-order valence-corrected chi connectivity index (χ2v) is 8.89. The van der Waals surface area contributed by atoms with Crippen molar-refractivity contribution >= 4 is 12.7 Å². The molecule has 3 saturated heterocycles. The molecule has 0 spiro atoms. The highest BCUT2D eigenvalue weighted by Gasteiger charge is 2.54. The molecular weight excluding hydrogens is 330 g/mol. The first-order valence-electron chi connectivity index (χ1n) is 9.68. The smallest absolute Gasteiger partial charge is 0.398 e. The SMILES string of the molecule is CC1(C)OB(C(F)=C(c2ccncc2)C2CC3CCC(C2)N3)OC1(C)C. The molecule has 4 nitrogen and oxygen atoms in total. The van der Waals surface area contributed by atoms with Crippen LogP contribution < -0.4 is 5.32 Å². The minimum Gasteiger partial charge on any atom is -0.398 e. The van der Waals surface area contributed by atoms with E-state index in [1.165, 1.54) is 12.8 Å². The van der Waals surface area contributed by atoms with E-state index in [1.807, 2.05) is 39.8 Å². The van der Waals surface area contributed by atoms with Crippen molar-refractivity contribution in [2.45, 2.75) is 76.7 Å². The predicted molar refractivity (Wildman–Crippen MR) is 101 cm³/mol. The van der Waals surface area contributed by atoms with E-state index >= 15 is 4.39 Å². The van der Waals surface area contributed by atoms with Crippen LogP contribution in [0.3, 0.4) is 0 Å². The molecule has 4 heterocycles. The first-order chi connectivity index (χ1) is 12.3. The van der Waals surface area contributed by atoms with Crippen LogP contribution in [-0.2, 0) is 9.31 Å². The van der Waals surface area contributed by atoms with Crippen molar-refractivity contribution in [3.8, 4) is 0 Å². The van der Waals surface area contributed by atoms with Gasteiger partial charge in [-0.3, -0.25) is 4.98 Å². The molecule has 3 aliphatic heterocycles. The Morgan fingerprint density at radius 1 is 1.08 bits per heavy atom. The van der Waals surface area contributed by atoms with Crippen LogP contribution in [-0.4, -0.2) is 35.4 Å². The topological polar surface area (TPSA) is 43.4 Å². The summed E-state index contributed by atoms with van der Waals surface area (Å²) in [5.74, 6) is 0.176. The lowest BCUT2D eigenvalue weighted by Crippen LogP contribution is -2.41. The largest absolute Gasteiger partial charge is 0.525 e. The third-order valence-electron chi connectivity index (χ3n) is 6.59. The van der Waals surface area contributed by atoms with E-state index in [2.05, 4.69) is 10.3 Å². The molecule has 0 aliphatic carbocycles. The molecule has 2 bridgehead atoms. The van der Waals surface area contributed by atoms with Gasteiger partial charge in [-0.15, -0.1) is 0 Å². The van der Waals surface area contributed by atoms with Gasteiger partial charge in [-0.1, -0.05) is 0 Å². The summed E-state index contributed by atoms with van der Waals surface area (Å²) >= 11 is 0. The number of hydrogen-bond donors (Lipinski definition) is 1. The van der Waals surface area contributed by atoms with E-state index in [-0.39, 0.29) is 11.6 Å². The molecule has 1 aromatic heterocycles. The molecule has 0 saturated carbocycles. The van der Waals surface area contributed by atoms with Gasteiger partial charge in [0.1, 0.15) is 5.73 Å². The standard InChI is InChI=1S/C20H28BFN2O2/c1-19(2)20(3,4)26-21(25-19)18(22)17(13-7-9-23-10-8-13)14-11-15-5-6-16(12-14)24-15/h7-10,14-16,24H,5-6,11-12H2,1-4H3. The molecule has 2 unspecified atom stereocenters. The quantitative estimate of drug-likeness (QED) is 0.832. The van der Waals surface area contributed by atoms with E-state index in [1.54, 1.807) is 12.4 Å². The number of allylic oxidation sites excluding steroid dienone is 1. The summed E-state index contributed by atoms with van der Waals surface area (Å²) in [6.45, 7) is 7.82. The summed E-state index contributed by atoms with van der Waals surface area (Å²) in [7, 11) is -0.948. The van der Waals surface area contributed by atoms with Crippen molar-refractivity contribution in [2.24, 2.45) is 5.92 Å². The van der Waals surface area contributed by atoms with Crippen molar-refractivity contribution in [1.82, 2.24) is 10.3 Å². The van der Waals surface area contributed by atoms with Crippen molar-refractivity contribution in [3.63, 3.8) is 0 Å². The number of aromatic nitrogens is 1. The van der Waals surface area contributed by atoms with Gasteiger partial charge in [0.05, 0.1) is 11.2 Å². The Hall–Kier alpha value is -1.24. The van der Waals surface area contributed by atoms with E-state index in [4.69, 9.17) is 9.31 Å². The lowest BCUT2D eigenvalue weighted by molar-refractivity contribution is 0.00578. The van der Waals surface area contributed by atoms with Crippen molar-refractivity contribution in [1.29, 1.82) is 0 Å².